The lowest BCUT2D eigenvalue weighted by molar-refractivity contribution is -0.119. The van der Waals surface area contributed by atoms with Crippen molar-refractivity contribution in [2.75, 3.05) is 11.4 Å². The summed E-state index contributed by atoms with van der Waals surface area (Å²) in [5.74, 6) is 0.175. The number of pyridine rings is 1. The van der Waals surface area contributed by atoms with E-state index >= 15 is 0 Å². The molecule has 3 aromatic rings. The number of carbonyl (C=O) groups excluding carboxylic acids is 2. The quantitative estimate of drug-likeness (QED) is 0.771. The molecule has 0 bridgehead atoms. The van der Waals surface area contributed by atoms with Crippen LogP contribution < -0.4 is 15.0 Å². The number of para-hydroxylation sites is 2. The highest BCUT2D eigenvalue weighted by Gasteiger charge is 2.30. The molecule has 0 saturated carbocycles. The Morgan fingerprint density at radius 2 is 2.04 bits per heavy atom. The zero-order valence-corrected chi connectivity index (χ0v) is 14.5. The summed E-state index contributed by atoms with van der Waals surface area (Å²) in [7, 11) is 0. The summed E-state index contributed by atoms with van der Waals surface area (Å²) in [6.07, 6.45) is 1.57. The summed E-state index contributed by atoms with van der Waals surface area (Å²) in [5.41, 5.74) is 0.872. The van der Waals surface area contributed by atoms with E-state index in [0.29, 0.717) is 23.5 Å². The second-order valence-corrected chi connectivity index (χ2v) is 6.71. The van der Waals surface area contributed by atoms with Crippen LogP contribution in [0.4, 0.5) is 5.69 Å². The molecule has 3 heterocycles. The van der Waals surface area contributed by atoms with Gasteiger partial charge in [0.25, 0.3) is 5.91 Å². The Labute approximate surface area is 154 Å². The molecule has 1 aliphatic heterocycles. The van der Waals surface area contributed by atoms with Crippen LogP contribution in [0.15, 0.2) is 60.1 Å². The van der Waals surface area contributed by atoms with Crippen LogP contribution >= 0.6 is 11.3 Å². The van der Waals surface area contributed by atoms with Gasteiger partial charge in [-0.15, -0.1) is 11.3 Å². The van der Waals surface area contributed by atoms with Crippen molar-refractivity contribution >= 4 is 28.8 Å². The number of aromatic nitrogens is 1. The van der Waals surface area contributed by atoms with E-state index in [0.717, 1.165) is 4.88 Å². The van der Waals surface area contributed by atoms with Crippen molar-refractivity contribution in [3.63, 3.8) is 0 Å². The second kappa shape index (κ2) is 6.97. The first-order valence-electron chi connectivity index (χ1n) is 8.05. The first kappa shape index (κ1) is 16.3. The molecule has 1 aromatic carbocycles. The first-order chi connectivity index (χ1) is 12.7. The summed E-state index contributed by atoms with van der Waals surface area (Å²) in [5, 5.41) is 4.80. The standard InChI is InChI=1S/C19H15N3O3S/c23-17(21-11-13-5-4-10-26-13)12-22-15-7-1-2-8-16(15)25-18-14(19(22)24)6-3-9-20-18/h1-10H,11-12H2,(H,21,23). The Morgan fingerprint density at radius 3 is 2.88 bits per heavy atom. The van der Waals surface area contributed by atoms with Gasteiger partial charge in [-0.25, -0.2) is 4.98 Å². The number of anilines is 1. The van der Waals surface area contributed by atoms with Crippen molar-refractivity contribution in [1.82, 2.24) is 10.3 Å². The SMILES string of the molecule is O=C(CN1C(=O)c2cccnc2Oc2ccccc21)NCc1cccs1. The number of hydrogen-bond donors (Lipinski definition) is 1. The van der Waals surface area contributed by atoms with E-state index in [1.165, 1.54) is 4.90 Å². The Kier molecular flexibility index (Phi) is 4.37. The third-order valence-corrected chi connectivity index (χ3v) is 4.83. The number of carbonyl (C=O) groups is 2. The number of benzene rings is 1. The molecule has 2 amide bonds. The monoisotopic (exact) mass is 365 g/mol. The van der Waals surface area contributed by atoms with Gasteiger partial charge in [0, 0.05) is 11.1 Å². The molecule has 7 heteroatoms. The second-order valence-electron chi connectivity index (χ2n) is 5.67. The minimum absolute atomic E-state index is 0.0983. The van der Waals surface area contributed by atoms with Crippen LogP contribution in [-0.4, -0.2) is 23.3 Å². The van der Waals surface area contributed by atoms with Crippen LogP contribution in [0.1, 0.15) is 15.2 Å². The Balaban J connectivity index is 1.61. The zero-order valence-electron chi connectivity index (χ0n) is 13.7. The lowest BCUT2D eigenvalue weighted by atomic mass is 10.2. The van der Waals surface area contributed by atoms with E-state index in [1.807, 2.05) is 23.6 Å². The molecule has 2 aromatic heterocycles. The molecule has 0 saturated heterocycles. The van der Waals surface area contributed by atoms with Gasteiger partial charge in [-0.1, -0.05) is 18.2 Å². The molecule has 1 aliphatic rings. The number of rotatable bonds is 4. The Hall–Kier alpha value is -3.19. The van der Waals surface area contributed by atoms with Crippen molar-refractivity contribution in [3.8, 4) is 11.6 Å². The van der Waals surface area contributed by atoms with Gasteiger partial charge in [-0.3, -0.25) is 14.5 Å². The van der Waals surface area contributed by atoms with E-state index < -0.39 is 0 Å². The van der Waals surface area contributed by atoms with Crippen LogP contribution in [0.5, 0.6) is 11.6 Å². The summed E-state index contributed by atoms with van der Waals surface area (Å²) < 4.78 is 5.80. The van der Waals surface area contributed by atoms with Crippen molar-refractivity contribution in [2.24, 2.45) is 0 Å². The first-order valence-corrected chi connectivity index (χ1v) is 8.93. The fourth-order valence-electron chi connectivity index (χ4n) is 2.72. The smallest absolute Gasteiger partial charge is 0.264 e. The van der Waals surface area contributed by atoms with Gasteiger partial charge in [-0.2, -0.15) is 0 Å². The largest absolute Gasteiger partial charge is 0.436 e. The highest BCUT2D eigenvalue weighted by molar-refractivity contribution is 7.09. The molecular formula is C19H15N3O3S. The predicted octanol–water partition coefficient (Wildman–Crippen LogP) is 3.21. The number of hydrogen-bond acceptors (Lipinski definition) is 5. The molecule has 0 radical (unpaired) electrons. The zero-order chi connectivity index (χ0) is 17.9. The van der Waals surface area contributed by atoms with Crippen LogP contribution in [0.25, 0.3) is 0 Å². The molecule has 0 spiro atoms. The van der Waals surface area contributed by atoms with Crippen molar-refractivity contribution in [1.29, 1.82) is 0 Å². The summed E-state index contributed by atoms with van der Waals surface area (Å²) >= 11 is 1.57. The summed E-state index contributed by atoms with van der Waals surface area (Å²) in [6, 6.07) is 14.3. The third kappa shape index (κ3) is 3.16. The normalized spacial score (nSPS) is 12.6. The van der Waals surface area contributed by atoms with Crippen LogP contribution in [0.2, 0.25) is 0 Å². The topological polar surface area (TPSA) is 71.5 Å². The lowest BCUT2D eigenvalue weighted by Gasteiger charge is -2.21. The van der Waals surface area contributed by atoms with Gasteiger partial charge >= 0.3 is 0 Å². The number of thiophene rings is 1. The van der Waals surface area contributed by atoms with Gasteiger partial charge < -0.3 is 10.1 Å². The number of nitrogens with one attached hydrogen (secondary N) is 1. The molecular weight excluding hydrogens is 350 g/mol. The van der Waals surface area contributed by atoms with Crippen molar-refractivity contribution in [3.05, 3.63) is 70.5 Å². The van der Waals surface area contributed by atoms with E-state index in [1.54, 1.807) is 47.9 Å². The molecule has 0 unspecified atom stereocenters. The van der Waals surface area contributed by atoms with Gasteiger partial charge in [-0.05, 0) is 35.7 Å². The van der Waals surface area contributed by atoms with E-state index in [2.05, 4.69) is 10.3 Å². The Morgan fingerprint density at radius 1 is 1.15 bits per heavy atom. The van der Waals surface area contributed by atoms with Gasteiger partial charge in [0.05, 0.1) is 12.2 Å². The number of nitrogens with zero attached hydrogens (tertiary/aromatic N) is 2. The lowest BCUT2D eigenvalue weighted by Crippen LogP contribution is -2.40. The third-order valence-electron chi connectivity index (χ3n) is 3.95. The van der Waals surface area contributed by atoms with Gasteiger partial charge in [0.1, 0.15) is 12.1 Å². The Bertz CT molecular complexity index is 956. The maximum absolute atomic E-state index is 13.0. The molecule has 0 fully saturated rings. The van der Waals surface area contributed by atoms with E-state index in [4.69, 9.17) is 4.74 Å². The van der Waals surface area contributed by atoms with Crippen LogP contribution in [-0.2, 0) is 11.3 Å². The maximum Gasteiger partial charge on any atom is 0.264 e. The molecule has 0 aliphatic carbocycles. The van der Waals surface area contributed by atoms with E-state index in [-0.39, 0.29) is 24.2 Å². The summed E-state index contributed by atoms with van der Waals surface area (Å²) in [4.78, 5) is 32.0. The average Bonchev–Trinajstić information content (AvgIpc) is 3.15. The number of fused-ring (bicyclic) bond motifs is 2. The number of ether oxygens (including phenoxy) is 1. The number of amides is 2. The van der Waals surface area contributed by atoms with Gasteiger partial charge in [0.15, 0.2) is 5.75 Å². The highest BCUT2D eigenvalue weighted by Crippen LogP contribution is 2.37. The predicted molar refractivity (Wildman–Crippen MR) is 98.6 cm³/mol. The molecule has 6 nitrogen and oxygen atoms in total. The molecule has 0 atom stereocenters. The molecule has 130 valence electrons. The fourth-order valence-corrected chi connectivity index (χ4v) is 3.36. The fraction of sp³-hybridized carbons (Fsp3) is 0.105. The van der Waals surface area contributed by atoms with Crippen LogP contribution in [0.3, 0.4) is 0 Å². The van der Waals surface area contributed by atoms with Crippen molar-refractivity contribution < 1.29 is 14.3 Å². The molecule has 1 N–H and O–H groups in total. The highest BCUT2D eigenvalue weighted by atomic mass is 32.1. The van der Waals surface area contributed by atoms with E-state index in [9.17, 15) is 9.59 Å². The minimum atomic E-state index is -0.315. The molecule has 26 heavy (non-hydrogen) atoms. The van der Waals surface area contributed by atoms with Gasteiger partial charge in [0.2, 0.25) is 11.8 Å². The molecule has 4 rings (SSSR count). The maximum atomic E-state index is 13.0. The average molecular weight is 365 g/mol. The minimum Gasteiger partial charge on any atom is -0.436 e. The van der Waals surface area contributed by atoms with Crippen LogP contribution in [0, 0.1) is 0 Å². The van der Waals surface area contributed by atoms with Crippen molar-refractivity contribution in [2.45, 2.75) is 6.54 Å². The summed E-state index contributed by atoms with van der Waals surface area (Å²) in [6.45, 7) is 0.341.